The Labute approximate surface area is 149 Å². The van der Waals surface area contributed by atoms with Crippen molar-refractivity contribution >= 4 is 28.1 Å². The van der Waals surface area contributed by atoms with Gasteiger partial charge in [-0.15, -0.1) is 10.2 Å². The predicted octanol–water partition coefficient (Wildman–Crippen LogP) is 2.27. The van der Waals surface area contributed by atoms with Crippen LogP contribution < -0.4 is 10.6 Å². The molecule has 130 valence electrons. The number of carbonyl (C=O) groups excluding carboxylic acids is 1. The van der Waals surface area contributed by atoms with Crippen LogP contribution in [0.3, 0.4) is 0 Å². The maximum Gasteiger partial charge on any atom is 0.275 e. The van der Waals surface area contributed by atoms with Crippen molar-refractivity contribution in [2.24, 2.45) is 5.16 Å². The second kappa shape index (κ2) is 6.20. The van der Waals surface area contributed by atoms with Gasteiger partial charge < -0.3 is 10.2 Å². The van der Waals surface area contributed by atoms with E-state index in [0.29, 0.717) is 17.3 Å². The molecule has 1 atom stereocenters. The van der Waals surface area contributed by atoms with Crippen LogP contribution in [0.15, 0.2) is 23.4 Å². The van der Waals surface area contributed by atoms with E-state index < -0.39 is 0 Å². The van der Waals surface area contributed by atoms with Crippen LogP contribution in [-0.4, -0.2) is 40.5 Å². The van der Waals surface area contributed by atoms with E-state index in [1.165, 1.54) is 22.5 Å². The zero-order chi connectivity index (χ0) is 17.4. The van der Waals surface area contributed by atoms with E-state index in [2.05, 4.69) is 44.2 Å². The van der Waals surface area contributed by atoms with Gasteiger partial charge in [0.2, 0.25) is 5.13 Å². The Balaban J connectivity index is 1.45. The number of anilines is 1. The molecule has 25 heavy (non-hydrogen) atoms. The van der Waals surface area contributed by atoms with Crippen LogP contribution in [0, 0.1) is 13.8 Å². The molecule has 2 aromatic rings. The Hall–Kier alpha value is -2.32. The highest BCUT2D eigenvalue weighted by atomic mass is 32.1. The van der Waals surface area contributed by atoms with Gasteiger partial charge in [0.1, 0.15) is 10.7 Å². The molecule has 0 bridgehead atoms. The van der Waals surface area contributed by atoms with Crippen molar-refractivity contribution in [3.8, 4) is 10.6 Å². The molecule has 1 amide bonds. The van der Waals surface area contributed by atoms with E-state index >= 15 is 0 Å². The van der Waals surface area contributed by atoms with E-state index in [4.69, 9.17) is 4.84 Å². The number of benzene rings is 1. The van der Waals surface area contributed by atoms with Gasteiger partial charge in [-0.05, 0) is 32.5 Å². The van der Waals surface area contributed by atoms with Gasteiger partial charge in [0.15, 0.2) is 5.60 Å². The molecule has 2 aliphatic rings. The van der Waals surface area contributed by atoms with Crippen molar-refractivity contribution in [2.75, 3.05) is 18.4 Å². The first-order chi connectivity index (χ1) is 12.0. The standard InChI is InChI=1S/C17H19N5O2S/c1-10-5-11(2)7-12(6-10)15-20-21-16(25-15)19-14(23)13-8-17(24-22-13)3-4-18-9-17/h5-7,18H,3-4,8-9H2,1-2H3,(H,19,21,23). The Kier molecular flexibility index (Phi) is 4.01. The number of aromatic nitrogens is 2. The second-order valence-corrected chi connectivity index (χ2v) is 7.64. The van der Waals surface area contributed by atoms with Gasteiger partial charge in [0.05, 0.1) is 0 Å². The van der Waals surface area contributed by atoms with Crippen LogP contribution in [0.1, 0.15) is 24.0 Å². The SMILES string of the molecule is Cc1cc(C)cc(-c2nnc(NC(=O)C3=NOC4(CCNC4)C3)s2)c1. The quantitative estimate of drug-likeness (QED) is 0.880. The van der Waals surface area contributed by atoms with Gasteiger partial charge in [0, 0.05) is 24.9 Å². The Morgan fingerprint density at radius 1 is 1.28 bits per heavy atom. The first-order valence-electron chi connectivity index (χ1n) is 8.22. The van der Waals surface area contributed by atoms with E-state index in [0.717, 1.165) is 30.1 Å². The van der Waals surface area contributed by atoms with E-state index in [1.54, 1.807) is 0 Å². The third kappa shape index (κ3) is 3.27. The average molecular weight is 357 g/mol. The third-order valence-corrected chi connectivity index (χ3v) is 5.31. The van der Waals surface area contributed by atoms with Gasteiger partial charge in [-0.3, -0.25) is 10.1 Å². The van der Waals surface area contributed by atoms with Crippen LogP contribution in [0.25, 0.3) is 10.6 Å². The van der Waals surface area contributed by atoms with Gasteiger partial charge in [0.25, 0.3) is 5.91 Å². The summed E-state index contributed by atoms with van der Waals surface area (Å²) >= 11 is 1.35. The zero-order valence-corrected chi connectivity index (χ0v) is 14.9. The van der Waals surface area contributed by atoms with Gasteiger partial charge >= 0.3 is 0 Å². The molecule has 4 rings (SSSR count). The fourth-order valence-corrected chi connectivity index (χ4v) is 3.98. The molecule has 2 N–H and O–H groups in total. The molecule has 0 radical (unpaired) electrons. The van der Waals surface area contributed by atoms with Crippen molar-refractivity contribution in [3.05, 3.63) is 29.3 Å². The molecule has 1 fully saturated rings. The van der Waals surface area contributed by atoms with Crippen molar-refractivity contribution < 1.29 is 9.63 Å². The molecule has 1 saturated heterocycles. The summed E-state index contributed by atoms with van der Waals surface area (Å²) in [6, 6.07) is 6.23. The Bertz CT molecular complexity index is 834. The highest BCUT2D eigenvalue weighted by Gasteiger charge is 2.43. The smallest absolute Gasteiger partial charge is 0.275 e. The number of nitrogens with zero attached hydrogens (tertiary/aromatic N) is 3. The van der Waals surface area contributed by atoms with Crippen LogP contribution in [0.2, 0.25) is 0 Å². The van der Waals surface area contributed by atoms with Crippen molar-refractivity contribution in [2.45, 2.75) is 32.3 Å². The molecular formula is C17H19N5O2S. The lowest BCUT2D eigenvalue weighted by atomic mass is 9.96. The summed E-state index contributed by atoms with van der Waals surface area (Å²) < 4.78 is 0. The molecule has 0 saturated carbocycles. The summed E-state index contributed by atoms with van der Waals surface area (Å²) in [5.74, 6) is -0.271. The minimum absolute atomic E-state index is 0.271. The molecule has 8 heteroatoms. The van der Waals surface area contributed by atoms with E-state index in [9.17, 15) is 4.79 Å². The summed E-state index contributed by atoms with van der Waals surface area (Å²) in [7, 11) is 0. The van der Waals surface area contributed by atoms with Crippen LogP contribution >= 0.6 is 11.3 Å². The lowest BCUT2D eigenvalue weighted by Crippen LogP contribution is -2.33. The number of hydrogen-bond donors (Lipinski definition) is 2. The van der Waals surface area contributed by atoms with Crippen molar-refractivity contribution in [3.63, 3.8) is 0 Å². The molecule has 1 spiro atoms. The van der Waals surface area contributed by atoms with Crippen molar-refractivity contribution in [1.29, 1.82) is 0 Å². The zero-order valence-electron chi connectivity index (χ0n) is 14.1. The molecule has 1 aromatic carbocycles. The average Bonchev–Trinajstić information content (AvgIpc) is 3.29. The van der Waals surface area contributed by atoms with Gasteiger partial charge in [-0.2, -0.15) is 0 Å². The minimum Gasteiger partial charge on any atom is -0.387 e. The summed E-state index contributed by atoms with van der Waals surface area (Å²) in [6.45, 7) is 5.71. The minimum atomic E-state index is -0.349. The number of nitrogens with one attached hydrogen (secondary N) is 2. The number of oxime groups is 1. The molecule has 1 aromatic heterocycles. The number of rotatable bonds is 3. The Morgan fingerprint density at radius 2 is 2.08 bits per heavy atom. The molecule has 0 aliphatic carbocycles. The Morgan fingerprint density at radius 3 is 2.80 bits per heavy atom. The maximum atomic E-state index is 12.4. The topological polar surface area (TPSA) is 88.5 Å². The largest absolute Gasteiger partial charge is 0.387 e. The third-order valence-electron chi connectivity index (χ3n) is 4.42. The summed E-state index contributed by atoms with van der Waals surface area (Å²) in [4.78, 5) is 17.9. The summed E-state index contributed by atoms with van der Waals surface area (Å²) in [5.41, 5.74) is 3.41. The monoisotopic (exact) mass is 357 g/mol. The first kappa shape index (κ1) is 16.2. The number of amides is 1. The fraction of sp³-hybridized carbons (Fsp3) is 0.412. The molecular weight excluding hydrogens is 338 g/mol. The van der Waals surface area contributed by atoms with Crippen LogP contribution in [-0.2, 0) is 9.63 Å². The molecule has 3 heterocycles. The van der Waals surface area contributed by atoms with Crippen LogP contribution in [0.4, 0.5) is 5.13 Å². The maximum absolute atomic E-state index is 12.4. The van der Waals surface area contributed by atoms with Crippen molar-refractivity contribution in [1.82, 2.24) is 15.5 Å². The van der Waals surface area contributed by atoms with E-state index in [1.807, 2.05) is 13.8 Å². The fourth-order valence-electron chi connectivity index (χ4n) is 3.25. The number of carbonyl (C=O) groups is 1. The normalized spacial score (nSPS) is 22.1. The predicted molar refractivity (Wildman–Crippen MR) is 96.8 cm³/mol. The van der Waals surface area contributed by atoms with Gasteiger partial charge in [-0.1, -0.05) is 33.7 Å². The molecule has 1 unspecified atom stereocenters. The lowest BCUT2D eigenvalue weighted by molar-refractivity contribution is -0.110. The van der Waals surface area contributed by atoms with Crippen LogP contribution in [0.5, 0.6) is 0 Å². The first-order valence-corrected chi connectivity index (χ1v) is 9.04. The molecule has 2 aliphatic heterocycles. The number of aryl methyl sites for hydroxylation is 2. The summed E-state index contributed by atoms with van der Waals surface area (Å²) in [5, 5.41) is 19.5. The lowest BCUT2D eigenvalue weighted by Gasteiger charge is -2.17. The highest BCUT2D eigenvalue weighted by molar-refractivity contribution is 7.18. The summed E-state index contributed by atoms with van der Waals surface area (Å²) in [6.07, 6.45) is 1.39. The van der Waals surface area contributed by atoms with E-state index in [-0.39, 0.29) is 11.5 Å². The van der Waals surface area contributed by atoms with Gasteiger partial charge in [-0.25, -0.2) is 0 Å². The molecule has 7 nitrogen and oxygen atoms in total. The highest BCUT2D eigenvalue weighted by Crippen LogP contribution is 2.31. The second-order valence-electron chi connectivity index (χ2n) is 6.66. The number of hydrogen-bond acceptors (Lipinski definition) is 7.